The van der Waals surface area contributed by atoms with Crippen LogP contribution >= 0.6 is 0 Å². The molecule has 1 aliphatic carbocycles. The van der Waals surface area contributed by atoms with Crippen LogP contribution in [0.2, 0.25) is 0 Å². The van der Waals surface area contributed by atoms with E-state index < -0.39 is 11.8 Å². The van der Waals surface area contributed by atoms with Gasteiger partial charge >= 0.3 is 11.8 Å². The summed E-state index contributed by atoms with van der Waals surface area (Å²) in [5.41, 5.74) is 0.714. The molecular weight excluding hydrogens is 358 g/mol. The molecule has 1 saturated carbocycles. The minimum Gasteiger partial charge on any atom is -0.393 e. The van der Waals surface area contributed by atoms with E-state index in [-0.39, 0.29) is 23.8 Å². The molecule has 2 aliphatic rings. The molecule has 28 heavy (non-hydrogen) atoms. The Morgan fingerprint density at radius 2 is 1.96 bits per heavy atom. The van der Waals surface area contributed by atoms with Gasteiger partial charge in [-0.15, -0.1) is 0 Å². The number of aliphatic hydroxyl groups is 1. The SMILES string of the molecule is CC(=O)c1cncc(NC(=O)C(=O)N2C[C@H](C)CC[C@H]2[C@H]2CCC[C@@H](O)C2)c1. The van der Waals surface area contributed by atoms with Gasteiger partial charge in [-0.1, -0.05) is 13.3 Å². The summed E-state index contributed by atoms with van der Waals surface area (Å²) in [7, 11) is 0. The van der Waals surface area contributed by atoms with Gasteiger partial charge in [0.2, 0.25) is 0 Å². The van der Waals surface area contributed by atoms with Crippen molar-refractivity contribution in [2.75, 3.05) is 11.9 Å². The third-order valence-electron chi connectivity index (χ3n) is 5.95. The largest absolute Gasteiger partial charge is 0.393 e. The van der Waals surface area contributed by atoms with Crippen LogP contribution in [0.1, 0.15) is 62.7 Å². The summed E-state index contributed by atoms with van der Waals surface area (Å²) in [6, 6.07) is 1.51. The zero-order valence-corrected chi connectivity index (χ0v) is 16.6. The predicted octanol–water partition coefficient (Wildman–Crippen LogP) is 2.40. The molecule has 1 aromatic heterocycles. The standard InChI is InChI=1S/C21H29N3O4/c1-13-6-7-19(15-4-3-5-18(26)9-15)24(12-13)21(28)20(27)23-17-8-16(14(2)25)10-22-11-17/h8,10-11,13,15,18-19,26H,3-7,9,12H2,1-2H3,(H,23,27)/t13-,15+,18-,19+/m1/s1. The van der Waals surface area contributed by atoms with Gasteiger partial charge in [-0.3, -0.25) is 19.4 Å². The fraction of sp³-hybridized carbons (Fsp3) is 0.619. The molecule has 2 heterocycles. The fourth-order valence-electron chi connectivity index (χ4n) is 4.46. The van der Waals surface area contributed by atoms with Crippen LogP contribution in [0.25, 0.3) is 0 Å². The van der Waals surface area contributed by atoms with Gasteiger partial charge in [0, 0.05) is 24.3 Å². The Morgan fingerprint density at radius 3 is 2.68 bits per heavy atom. The molecule has 4 atom stereocenters. The topological polar surface area (TPSA) is 99.6 Å². The van der Waals surface area contributed by atoms with Crippen LogP contribution in [-0.2, 0) is 9.59 Å². The number of aromatic nitrogens is 1. The summed E-state index contributed by atoms with van der Waals surface area (Å²) in [5.74, 6) is -0.849. The summed E-state index contributed by atoms with van der Waals surface area (Å²) in [6.45, 7) is 4.06. The number of hydrogen-bond donors (Lipinski definition) is 2. The van der Waals surface area contributed by atoms with Crippen LogP contribution in [0.15, 0.2) is 18.5 Å². The Kier molecular flexibility index (Phi) is 6.44. The maximum absolute atomic E-state index is 13.0. The first-order valence-electron chi connectivity index (χ1n) is 10.1. The molecule has 0 bridgehead atoms. The van der Waals surface area contributed by atoms with Crippen molar-refractivity contribution in [1.82, 2.24) is 9.88 Å². The van der Waals surface area contributed by atoms with Gasteiger partial charge in [0.05, 0.1) is 18.0 Å². The minimum absolute atomic E-state index is 0.00826. The number of likely N-dealkylation sites (tertiary alicyclic amines) is 1. The maximum Gasteiger partial charge on any atom is 0.313 e. The molecule has 0 spiro atoms. The van der Waals surface area contributed by atoms with Crippen LogP contribution in [-0.4, -0.2) is 51.3 Å². The van der Waals surface area contributed by atoms with Crippen LogP contribution in [0.4, 0.5) is 5.69 Å². The predicted molar refractivity (Wildman–Crippen MR) is 105 cm³/mol. The van der Waals surface area contributed by atoms with Crippen molar-refractivity contribution in [2.45, 2.75) is 64.5 Å². The van der Waals surface area contributed by atoms with Gasteiger partial charge in [0.15, 0.2) is 5.78 Å². The van der Waals surface area contributed by atoms with Crippen LogP contribution in [0.5, 0.6) is 0 Å². The third-order valence-corrected chi connectivity index (χ3v) is 5.95. The van der Waals surface area contributed by atoms with E-state index in [1.54, 1.807) is 4.90 Å². The van der Waals surface area contributed by atoms with E-state index >= 15 is 0 Å². The molecule has 7 heteroatoms. The van der Waals surface area contributed by atoms with Crippen molar-refractivity contribution < 1.29 is 19.5 Å². The Bertz CT molecular complexity index is 751. The number of carbonyl (C=O) groups excluding carboxylic acids is 3. The molecular formula is C21H29N3O4. The van der Waals surface area contributed by atoms with Crippen LogP contribution in [0.3, 0.4) is 0 Å². The molecule has 1 aliphatic heterocycles. The number of carbonyl (C=O) groups is 3. The normalized spacial score (nSPS) is 27.9. The highest BCUT2D eigenvalue weighted by molar-refractivity contribution is 6.39. The lowest BCUT2D eigenvalue weighted by atomic mass is 9.77. The lowest BCUT2D eigenvalue weighted by Gasteiger charge is -2.44. The minimum atomic E-state index is -0.710. The smallest absolute Gasteiger partial charge is 0.313 e. The molecule has 1 aromatic rings. The van der Waals surface area contributed by atoms with Crippen LogP contribution < -0.4 is 5.32 Å². The first-order valence-corrected chi connectivity index (χ1v) is 10.1. The van der Waals surface area contributed by atoms with E-state index in [0.717, 1.165) is 32.1 Å². The third kappa shape index (κ3) is 4.76. The number of pyridine rings is 1. The zero-order chi connectivity index (χ0) is 20.3. The second kappa shape index (κ2) is 8.82. The summed E-state index contributed by atoms with van der Waals surface area (Å²) >= 11 is 0. The number of Topliss-reactive ketones (excluding diaryl/α,β-unsaturated/α-hetero) is 1. The van der Waals surface area contributed by atoms with E-state index in [2.05, 4.69) is 17.2 Å². The molecule has 0 radical (unpaired) electrons. The first-order chi connectivity index (χ1) is 13.3. The maximum atomic E-state index is 13.0. The molecule has 2 amide bonds. The van der Waals surface area contributed by atoms with E-state index in [4.69, 9.17) is 0 Å². The lowest BCUT2D eigenvalue weighted by molar-refractivity contribution is -0.148. The van der Waals surface area contributed by atoms with Crippen molar-refractivity contribution in [3.8, 4) is 0 Å². The second-order valence-electron chi connectivity index (χ2n) is 8.26. The van der Waals surface area contributed by atoms with Crippen molar-refractivity contribution >= 4 is 23.3 Å². The zero-order valence-electron chi connectivity index (χ0n) is 16.6. The molecule has 2 N–H and O–H groups in total. The number of anilines is 1. The lowest BCUT2D eigenvalue weighted by Crippen LogP contribution is -2.53. The van der Waals surface area contributed by atoms with Gasteiger partial charge in [0.1, 0.15) is 0 Å². The Balaban J connectivity index is 1.72. The van der Waals surface area contributed by atoms with E-state index in [9.17, 15) is 19.5 Å². The van der Waals surface area contributed by atoms with Gasteiger partial charge in [-0.25, -0.2) is 0 Å². The summed E-state index contributed by atoms with van der Waals surface area (Å²) in [5, 5.41) is 12.6. The van der Waals surface area contributed by atoms with Gasteiger partial charge in [-0.2, -0.15) is 0 Å². The Morgan fingerprint density at radius 1 is 1.18 bits per heavy atom. The Labute approximate surface area is 165 Å². The number of rotatable bonds is 3. The van der Waals surface area contributed by atoms with Crippen molar-refractivity contribution in [2.24, 2.45) is 11.8 Å². The average Bonchev–Trinajstić information content (AvgIpc) is 2.67. The van der Waals surface area contributed by atoms with Gasteiger partial charge in [0.25, 0.3) is 0 Å². The number of nitrogens with zero attached hydrogens (tertiary/aromatic N) is 2. The number of ketones is 1. The summed E-state index contributed by atoms with van der Waals surface area (Å²) in [4.78, 5) is 42.7. The molecule has 3 rings (SSSR count). The van der Waals surface area contributed by atoms with E-state index in [1.807, 2.05) is 0 Å². The molecule has 0 unspecified atom stereocenters. The number of piperidine rings is 1. The monoisotopic (exact) mass is 387 g/mol. The summed E-state index contributed by atoms with van der Waals surface area (Å²) < 4.78 is 0. The highest BCUT2D eigenvalue weighted by Crippen LogP contribution is 2.35. The summed E-state index contributed by atoms with van der Waals surface area (Å²) in [6.07, 6.45) is 7.85. The van der Waals surface area contributed by atoms with E-state index in [0.29, 0.717) is 30.1 Å². The number of amides is 2. The second-order valence-corrected chi connectivity index (χ2v) is 8.26. The molecule has 1 saturated heterocycles. The van der Waals surface area contributed by atoms with Gasteiger partial charge in [-0.05, 0) is 56.9 Å². The molecule has 0 aromatic carbocycles. The molecule has 2 fully saturated rings. The molecule has 7 nitrogen and oxygen atoms in total. The first kappa shape index (κ1) is 20.5. The van der Waals surface area contributed by atoms with Gasteiger partial charge < -0.3 is 15.3 Å². The van der Waals surface area contributed by atoms with Crippen molar-refractivity contribution in [3.05, 3.63) is 24.0 Å². The Hall–Kier alpha value is -2.28. The van der Waals surface area contributed by atoms with Crippen LogP contribution in [0, 0.1) is 11.8 Å². The average molecular weight is 387 g/mol. The quantitative estimate of drug-likeness (QED) is 0.613. The highest BCUT2D eigenvalue weighted by Gasteiger charge is 2.39. The number of aliphatic hydroxyl groups excluding tert-OH is 1. The van der Waals surface area contributed by atoms with E-state index in [1.165, 1.54) is 25.4 Å². The van der Waals surface area contributed by atoms with Crippen molar-refractivity contribution in [1.29, 1.82) is 0 Å². The fourth-order valence-corrected chi connectivity index (χ4v) is 4.46. The highest BCUT2D eigenvalue weighted by atomic mass is 16.3. The number of nitrogens with one attached hydrogen (secondary N) is 1. The molecule has 152 valence electrons. The van der Waals surface area contributed by atoms with Crippen molar-refractivity contribution in [3.63, 3.8) is 0 Å². The number of hydrogen-bond acceptors (Lipinski definition) is 5.